The van der Waals surface area contributed by atoms with Gasteiger partial charge in [-0.1, -0.05) is 0 Å². The number of aliphatic hydroxyl groups is 1. The Kier molecular flexibility index (Phi) is 3.88. The van der Waals surface area contributed by atoms with Gasteiger partial charge in [-0.05, 0) is 36.6 Å². The van der Waals surface area contributed by atoms with Crippen LogP contribution in [-0.2, 0) is 0 Å². The molecule has 4 nitrogen and oxygen atoms in total. The Morgan fingerprint density at radius 1 is 1.50 bits per heavy atom. The highest BCUT2D eigenvalue weighted by atomic mass is 16.3. The lowest BCUT2D eigenvalue weighted by Crippen LogP contribution is -2.32. The first-order valence-corrected chi connectivity index (χ1v) is 5.80. The molecule has 0 aliphatic carbocycles. The van der Waals surface area contributed by atoms with Gasteiger partial charge in [0, 0.05) is 38.1 Å². The number of aromatic nitrogens is 1. The SMILES string of the molecule is NCC(c1ccncc1)N1CCC(CO)C1. The number of likely N-dealkylation sites (tertiary alicyclic amines) is 1. The Bertz CT molecular complexity index is 317. The predicted octanol–water partition coefficient (Wildman–Crippen LogP) is 0.396. The molecule has 1 saturated heterocycles. The topological polar surface area (TPSA) is 62.4 Å². The first kappa shape index (κ1) is 11.5. The van der Waals surface area contributed by atoms with Gasteiger partial charge < -0.3 is 10.8 Å². The van der Waals surface area contributed by atoms with Crippen LogP contribution in [0.25, 0.3) is 0 Å². The van der Waals surface area contributed by atoms with E-state index in [0.717, 1.165) is 19.5 Å². The van der Waals surface area contributed by atoms with Crippen molar-refractivity contribution in [2.45, 2.75) is 12.5 Å². The second-order valence-corrected chi connectivity index (χ2v) is 4.36. The first-order valence-electron chi connectivity index (χ1n) is 5.80. The summed E-state index contributed by atoms with van der Waals surface area (Å²) in [6.45, 7) is 2.86. The molecule has 3 N–H and O–H groups in total. The summed E-state index contributed by atoms with van der Waals surface area (Å²) in [5.74, 6) is 0.413. The fraction of sp³-hybridized carbons (Fsp3) is 0.583. The van der Waals surface area contributed by atoms with Crippen molar-refractivity contribution in [2.24, 2.45) is 11.7 Å². The van der Waals surface area contributed by atoms with E-state index in [1.807, 2.05) is 12.1 Å². The number of nitrogens with two attached hydrogens (primary N) is 1. The van der Waals surface area contributed by atoms with E-state index in [0.29, 0.717) is 12.5 Å². The largest absolute Gasteiger partial charge is 0.396 e. The maximum Gasteiger partial charge on any atom is 0.0471 e. The van der Waals surface area contributed by atoms with Crippen LogP contribution in [0.15, 0.2) is 24.5 Å². The molecule has 0 saturated carbocycles. The Morgan fingerprint density at radius 2 is 2.25 bits per heavy atom. The van der Waals surface area contributed by atoms with Crippen LogP contribution < -0.4 is 5.73 Å². The average molecular weight is 221 g/mol. The third-order valence-electron chi connectivity index (χ3n) is 3.33. The second kappa shape index (κ2) is 5.39. The Morgan fingerprint density at radius 3 is 2.81 bits per heavy atom. The van der Waals surface area contributed by atoms with Crippen molar-refractivity contribution < 1.29 is 5.11 Å². The van der Waals surface area contributed by atoms with E-state index in [9.17, 15) is 0 Å². The number of nitrogens with zero attached hydrogens (tertiary/aromatic N) is 2. The lowest BCUT2D eigenvalue weighted by molar-refractivity contribution is 0.200. The van der Waals surface area contributed by atoms with Crippen LogP contribution in [0.5, 0.6) is 0 Å². The Labute approximate surface area is 96.1 Å². The van der Waals surface area contributed by atoms with Crippen molar-refractivity contribution in [3.05, 3.63) is 30.1 Å². The minimum absolute atomic E-state index is 0.263. The van der Waals surface area contributed by atoms with Gasteiger partial charge >= 0.3 is 0 Å². The average Bonchev–Trinajstić information content (AvgIpc) is 2.80. The van der Waals surface area contributed by atoms with Crippen molar-refractivity contribution in [1.29, 1.82) is 0 Å². The summed E-state index contributed by atoms with van der Waals surface area (Å²) in [4.78, 5) is 6.38. The lowest BCUT2D eigenvalue weighted by Gasteiger charge is -2.26. The van der Waals surface area contributed by atoms with Crippen LogP contribution in [0.4, 0.5) is 0 Å². The molecule has 0 radical (unpaired) electrons. The summed E-state index contributed by atoms with van der Waals surface area (Å²) in [6, 6.07) is 4.30. The van der Waals surface area contributed by atoms with Crippen LogP contribution >= 0.6 is 0 Å². The zero-order chi connectivity index (χ0) is 11.4. The molecule has 0 amide bonds. The third kappa shape index (κ3) is 2.40. The summed E-state index contributed by atoms with van der Waals surface area (Å²) in [6.07, 6.45) is 4.67. The number of aliphatic hydroxyl groups excluding tert-OH is 1. The summed E-state index contributed by atoms with van der Waals surface area (Å²) in [5, 5.41) is 9.14. The van der Waals surface area contributed by atoms with Crippen LogP contribution in [0.2, 0.25) is 0 Å². The molecule has 0 spiro atoms. The van der Waals surface area contributed by atoms with Crippen LogP contribution in [0, 0.1) is 5.92 Å². The molecule has 1 aromatic heterocycles. The molecule has 2 rings (SSSR count). The van der Waals surface area contributed by atoms with Crippen LogP contribution in [0.3, 0.4) is 0 Å². The quantitative estimate of drug-likeness (QED) is 0.772. The smallest absolute Gasteiger partial charge is 0.0471 e. The molecule has 1 fully saturated rings. The minimum atomic E-state index is 0.263. The molecule has 2 unspecified atom stereocenters. The van der Waals surface area contributed by atoms with Gasteiger partial charge in [0.15, 0.2) is 0 Å². The van der Waals surface area contributed by atoms with Gasteiger partial charge in [-0.15, -0.1) is 0 Å². The van der Waals surface area contributed by atoms with Crippen molar-refractivity contribution >= 4 is 0 Å². The van der Waals surface area contributed by atoms with Gasteiger partial charge in [-0.2, -0.15) is 0 Å². The highest BCUT2D eigenvalue weighted by Gasteiger charge is 2.27. The Balaban J connectivity index is 2.06. The zero-order valence-electron chi connectivity index (χ0n) is 9.42. The number of rotatable bonds is 4. The standard InChI is InChI=1S/C12H19N3O/c13-7-12(11-1-4-14-5-2-11)15-6-3-10(8-15)9-16/h1-2,4-5,10,12,16H,3,6-9,13H2. The van der Waals surface area contributed by atoms with Crippen molar-refractivity contribution in [3.8, 4) is 0 Å². The first-order chi connectivity index (χ1) is 7.85. The van der Waals surface area contributed by atoms with Gasteiger partial charge in [-0.25, -0.2) is 0 Å². The normalized spacial score (nSPS) is 23.5. The molecule has 2 heterocycles. The fourth-order valence-electron chi connectivity index (χ4n) is 2.38. The monoisotopic (exact) mass is 221 g/mol. The van der Waals surface area contributed by atoms with Gasteiger partial charge in [0.2, 0.25) is 0 Å². The molecule has 1 aliphatic rings. The summed E-state index contributed by atoms with van der Waals surface area (Å²) >= 11 is 0. The second-order valence-electron chi connectivity index (χ2n) is 4.36. The van der Waals surface area contributed by atoms with Crippen molar-refractivity contribution in [2.75, 3.05) is 26.2 Å². The van der Waals surface area contributed by atoms with E-state index in [1.54, 1.807) is 12.4 Å². The highest BCUT2D eigenvalue weighted by Crippen LogP contribution is 2.26. The third-order valence-corrected chi connectivity index (χ3v) is 3.33. The maximum absolute atomic E-state index is 9.14. The molecule has 4 heteroatoms. The van der Waals surface area contributed by atoms with E-state index in [4.69, 9.17) is 10.8 Å². The molecule has 1 aromatic rings. The van der Waals surface area contributed by atoms with E-state index in [2.05, 4.69) is 9.88 Å². The van der Waals surface area contributed by atoms with Crippen molar-refractivity contribution in [1.82, 2.24) is 9.88 Å². The van der Waals surface area contributed by atoms with Gasteiger partial charge in [0.25, 0.3) is 0 Å². The molecular formula is C12H19N3O. The minimum Gasteiger partial charge on any atom is -0.396 e. The van der Waals surface area contributed by atoms with E-state index in [1.165, 1.54) is 5.56 Å². The molecule has 0 bridgehead atoms. The molecular weight excluding hydrogens is 202 g/mol. The van der Waals surface area contributed by atoms with Crippen LogP contribution in [-0.4, -0.2) is 41.2 Å². The van der Waals surface area contributed by atoms with Gasteiger partial charge in [-0.3, -0.25) is 9.88 Å². The highest BCUT2D eigenvalue weighted by molar-refractivity contribution is 5.16. The van der Waals surface area contributed by atoms with E-state index >= 15 is 0 Å². The summed E-state index contributed by atoms with van der Waals surface area (Å²) < 4.78 is 0. The molecule has 1 aliphatic heterocycles. The van der Waals surface area contributed by atoms with Gasteiger partial charge in [0.05, 0.1) is 0 Å². The van der Waals surface area contributed by atoms with Crippen LogP contribution in [0.1, 0.15) is 18.0 Å². The molecule has 0 aromatic carbocycles. The zero-order valence-corrected chi connectivity index (χ0v) is 9.42. The van der Waals surface area contributed by atoms with E-state index in [-0.39, 0.29) is 12.6 Å². The number of pyridine rings is 1. The number of hydrogen-bond donors (Lipinski definition) is 2. The van der Waals surface area contributed by atoms with Crippen molar-refractivity contribution in [3.63, 3.8) is 0 Å². The van der Waals surface area contributed by atoms with E-state index < -0.39 is 0 Å². The lowest BCUT2D eigenvalue weighted by atomic mass is 10.1. The summed E-state index contributed by atoms with van der Waals surface area (Å²) in [5.41, 5.74) is 7.07. The fourth-order valence-corrected chi connectivity index (χ4v) is 2.38. The number of hydrogen-bond acceptors (Lipinski definition) is 4. The van der Waals surface area contributed by atoms with Gasteiger partial charge in [0.1, 0.15) is 0 Å². The predicted molar refractivity (Wildman–Crippen MR) is 62.8 cm³/mol. The molecule has 2 atom stereocenters. The molecule has 16 heavy (non-hydrogen) atoms. The molecule has 88 valence electrons. The maximum atomic E-state index is 9.14. The Hall–Kier alpha value is -0.970. The summed E-state index contributed by atoms with van der Waals surface area (Å²) in [7, 11) is 0.